The first kappa shape index (κ1) is 35.4. The zero-order valence-corrected chi connectivity index (χ0v) is 28.6. The minimum absolute atomic E-state index is 0.100. The topological polar surface area (TPSA) is 194 Å². The second-order valence-corrected chi connectivity index (χ2v) is 14.7. The number of carbonyl (C=O) groups is 2. The quantitative estimate of drug-likeness (QED) is 0.192. The third-order valence-corrected chi connectivity index (χ3v) is 10.6. The fourth-order valence-corrected chi connectivity index (χ4v) is 7.16. The Bertz CT molecular complexity index is 1980. The minimum Gasteiger partial charge on any atom is -0.453 e. The van der Waals surface area contributed by atoms with Crippen LogP contribution in [-0.4, -0.2) is 80.6 Å². The predicted molar refractivity (Wildman–Crippen MR) is 183 cm³/mol. The Hall–Kier alpha value is -4.93. The largest absolute Gasteiger partial charge is 0.453 e. The number of piperidine rings is 1. The first-order valence-corrected chi connectivity index (χ1v) is 17.4. The molecule has 258 valence electrons. The van der Waals surface area contributed by atoms with Crippen LogP contribution in [0.3, 0.4) is 0 Å². The molecule has 3 N–H and O–H groups in total. The van der Waals surface area contributed by atoms with Crippen LogP contribution in [0.2, 0.25) is 5.02 Å². The Labute approximate surface area is 287 Å². The van der Waals surface area contributed by atoms with Gasteiger partial charge >= 0.3 is 6.09 Å². The van der Waals surface area contributed by atoms with E-state index in [9.17, 15) is 22.8 Å². The third-order valence-electron chi connectivity index (χ3n) is 8.13. The Morgan fingerprint density at radius 3 is 2.63 bits per heavy atom. The molecule has 1 unspecified atom stereocenters. The molecule has 49 heavy (non-hydrogen) atoms. The molecular weight excluding hydrogens is 674 g/mol. The number of rotatable bonds is 11. The van der Waals surface area contributed by atoms with Gasteiger partial charge in [0.2, 0.25) is 15.9 Å². The van der Waals surface area contributed by atoms with Gasteiger partial charge in [-0.05, 0) is 97.5 Å². The number of tetrazole rings is 1. The highest BCUT2D eigenvalue weighted by molar-refractivity contribution is 7.89. The van der Waals surface area contributed by atoms with Crippen molar-refractivity contribution >= 4 is 45.4 Å². The standard InChI is InChI=1S/C32H36ClN9O6S/c1-20(2)49(46,47)41-14-4-5-21(18-41)15-27(36-30(43)13-8-23-16-24(33)9-12-29(23)42-19-34-39-40-42)28-17-26(31(44)38-37-28)22-6-10-25(11-7-22)35-32(45)48-3/h6-13,16-17,19-21,27H,4-5,14-15,18H2,1-3H3,(H,35,45)(H,36,43)(H,38,44)/t21-,27?/m0/s1. The van der Waals surface area contributed by atoms with Gasteiger partial charge in [-0.2, -0.15) is 9.78 Å². The van der Waals surface area contributed by atoms with Gasteiger partial charge in [0.25, 0.3) is 5.56 Å². The summed E-state index contributed by atoms with van der Waals surface area (Å²) in [7, 11) is -2.22. The maximum absolute atomic E-state index is 13.5. The average Bonchev–Trinajstić information content (AvgIpc) is 3.63. The minimum atomic E-state index is -3.47. The van der Waals surface area contributed by atoms with Crippen LogP contribution < -0.4 is 16.2 Å². The molecule has 0 spiro atoms. The lowest BCUT2D eigenvalue weighted by molar-refractivity contribution is -0.117. The monoisotopic (exact) mass is 709 g/mol. The molecule has 2 atom stereocenters. The van der Waals surface area contributed by atoms with Crippen LogP contribution in [0.15, 0.2) is 65.7 Å². The van der Waals surface area contributed by atoms with Crippen molar-refractivity contribution in [2.45, 2.75) is 44.4 Å². The highest BCUT2D eigenvalue weighted by Gasteiger charge is 2.33. The zero-order chi connectivity index (χ0) is 35.1. The van der Waals surface area contributed by atoms with E-state index >= 15 is 0 Å². The molecule has 1 aliphatic heterocycles. The number of carbonyl (C=O) groups excluding carboxylic acids is 2. The summed E-state index contributed by atoms with van der Waals surface area (Å²) >= 11 is 6.24. The lowest BCUT2D eigenvalue weighted by Crippen LogP contribution is -2.44. The number of nitrogens with one attached hydrogen (secondary N) is 3. The molecule has 1 aliphatic rings. The highest BCUT2D eigenvalue weighted by atomic mass is 35.5. The number of H-pyrrole nitrogens is 1. The maximum atomic E-state index is 13.5. The van der Waals surface area contributed by atoms with E-state index < -0.39 is 38.9 Å². The van der Waals surface area contributed by atoms with E-state index in [2.05, 4.69) is 41.1 Å². The fraction of sp³-hybridized carbons (Fsp3) is 0.344. The summed E-state index contributed by atoms with van der Waals surface area (Å²) < 4.78 is 33.6. The van der Waals surface area contributed by atoms with E-state index in [1.165, 1.54) is 28.5 Å². The number of benzene rings is 2. The van der Waals surface area contributed by atoms with E-state index in [0.29, 0.717) is 64.7 Å². The Morgan fingerprint density at radius 2 is 1.94 bits per heavy atom. The lowest BCUT2D eigenvalue weighted by Gasteiger charge is -2.34. The molecule has 5 rings (SSSR count). The van der Waals surface area contributed by atoms with Gasteiger partial charge in [0.15, 0.2) is 0 Å². The molecule has 3 heterocycles. The molecule has 0 saturated carbocycles. The molecule has 4 aromatic rings. The van der Waals surface area contributed by atoms with Crippen molar-refractivity contribution in [1.29, 1.82) is 0 Å². The Morgan fingerprint density at radius 1 is 1.16 bits per heavy atom. The number of aromatic nitrogens is 6. The van der Waals surface area contributed by atoms with Crippen molar-refractivity contribution in [2.24, 2.45) is 5.92 Å². The van der Waals surface area contributed by atoms with Crippen molar-refractivity contribution in [2.75, 3.05) is 25.5 Å². The van der Waals surface area contributed by atoms with Gasteiger partial charge in [0.1, 0.15) is 6.33 Å². The first-order chi connectivity index (χ1) is 23.4. The van der Waals surface area contributed by atoms with Gasteiger partial charge < -0.3 is 10.1 Å². The lowest BCUT2D eigenvalue weighted by atomic mass is 9.90. The summed E-state index contributed by atoms with van der Waals surface area (Å²) in [6.45, 7) is 4.04. The van der Waals surface area contributed by atoms with Gasteiger partial charge in [0.05, 0.1) is 35.3 Å². The molecule has 2 aromatic carbocycles. The molecule has 0 bridgehead atoms. The van der Waals surface area contributed by atoms with Crippen LogP contribution in [0.4, 0.5) is 10.5 Å². The van der Waals surface area contributed by atoms with Crippen molar-refractivity contribution in [3.63, 3.8) is 0 Å². The number of halogens is 1. The fourth-order valence-electron chi connectivity index (χ4n) is 5.58. The van der Waals surface area contributed by atoms with Gasteiger partial charge in [-0.1, -0.05) is 23.7 Å². The molecule has 1 fully saturated rings. The second kappa shape index (κ2) is 15.5. The predicted octanol–water partition coefficient (Wildman–Crippen LogP) is 3.96. The third kappa shape index (κ3) is 8.76. The van der Waals surface area contributed by atoms with Crippen LogP contribution in [-0.2, 0) is 19.6 Å². The number of sulfonamides is 1. The Balaban J connectivity index is 1.44. The van der Waals surface area contributed by atoms with Crippen molar-refractivity contribution in [3.05, 3.63) is 87.6 Å². The number of hydrogen-bond donors (Lipinski definition) is 3. The molecule has 0 aliphatic carbocycles. The average molecular weight is 710 g/mol. The van der Waals surface area contributed by atoms with Crippen LogP contribution in [0.25, 0.3) is 22.9 Å². The SMILES string of the molecule is COC(=O)Nc1ccc(-c2cc(C(C[C@@H]3CCCN(S(=O)(=O)C(C)C)C3)NC(=O)C=Cc3cc(Cl)ccc3-n3cnnn3)n[nH]c2=O)cc1. The van der Waals surface area contributed by atoms with Gasteiger partial charge in [-0.3, -0.25) is 14.9 Å². The van der Waals surface area contributed by atoms with Crippen molar-refractivity contribution in [3.8, 4) is 16.8 Å². The number of ether oxygens (including phenoxy) is 1. The number of aromatic amines is 1. The number of amides is 2. The summed E-state index contributed by atoms with van der Waals surface area (Å²) in [5.41, 5.74) is 2.43. The molecule has 2 amide bonds. The van der Waals surface area contributed by atoms with Crippen LogP contribution in [0.5, 0.6) is 0 Å². The highest BCUT2D eigenvalue weighted by Crippen LogP contribution is 2.30. The van der Waals surface area contributed by atoms with E-state index in [1.54, 1.807) is 68.5 Å². The summed E-state index contributed by atoms with van der Waals surface area (Å²) in [5, 5.41) is 23.6. The number of anilines is 1. The van der Waals surface area contributed by atoms with Crippen molar-refractivity contribution < 1.29 is 22.7 Å². The maximum Gasteiger partial charge on any atom is 0.411 e. The molecule has 0 radical (unpaired) electrons. The second-order valence-electron chi connectivity index (χ2n) is 11.8. The number of hydrogen-bond acceptors (Lipinski definition) is 10. The van der Waals surface area contributed by atoms with E-state index in [4.69, 9.17) is 11.6 Å². The zero-order valence-electron chi connectivity index (χ0n) is 27.0. The summed E-state index contributed by atoms with van der Waals surface area (Å²) in [5.74, 6) is -0.556. The van der Waals surface area contributed by atoms with Gasteiger partial charge in [-0.25, -0.2) is 22.6 Å². The molecule has 2 aromatic heterocycles. The summed E-state index contributed by atoms with van der Waals surface area (Å²) in [6, 6.07) is 12.6. The van der Waals surface area contributed by atoms with E-state index in [0.717, 1.165) is 6.42 Å². The van der Waals surface area contributed by atoms with Gasteiger partial charge in [0, 0.05) is 35.4 Å². The van der Waals surface area contributed by atoms with E-state index in [-0.39, 0.29) is 5.92 Å². The van der Waals surface area contributed by atoms with Crippen LogP contribution in [0, 0.1) is 5.92 Å². The summed E-state index contributed by atoms with van der Waals surface area (Å²) in [4.78, 5) is 38.0. The molecule has 1 saturated heterocycles. The summed E-state index contributed by atoms with van der Waals surface area (Å²) in [6.07, 6.45) is 5.50. The van der Waals surface area contributed by atoms with Crippen LogP contribution >= 0.6 is 11.6 Å². The van der Waals surface area contributed by atoms with Gasteiger partial charge in [-0.15, -0.1) is 5.10 Å². The molecular formula is C32H36ClN9O6S. The first-order valence-electron chi connectivity index (χ1n) is 15.5. The van der Waals surface area contributed by atoms with E-state index in [1.807, 2.05) is 0 Å². The molecule has 15 nitrogen and oxygen atoms in total. The number of nitrogens with zero attached hydrogens (tertiary/aromatic N) is 6. The number of methoxy groups -OCH3 is 1. The Kier molecular flexibility index (Phi) is 11.2. The normalized spacial score (nSPS) is 16.1. The van der Waals surface area contributed by atoms with Crippen LogP contribution in [0.1, 0.15) is 50.4 Å². The molecule has 17 heteroatoms. The van der Waals surface area contributed by atoms with Crippen molar-refractivity contribution in [1.82, 2.24) is 40.0 Å². The smallest absolute Gasteiger partial charge is 0.411 e.